The van der Waals surface area contributed by atoms with E-state index in [1.807, 2.05) is 36.4 Å². The average Bonchev–Trinajstić information content (AvgIpc) is 2.68. The molecule has 0 amide bonds. The summed E-state index contributed by atoms with van der Waals surface area (Å²) in [6, 6.07) is 11.4. The molecule has 0 unspecified atom stereocenters. The number of aromatic nitrogens is 3. The van der Waals surface area contributed by atoms with E-state index in [4.69, 9.17) is 17.3 Å². The molecule has 2 aromatic heterocycles. The van der Waals surface area contributed by atoms with Crippen LogP contribution in [0.2, 0.25) is 5.02 Å². The summed E-state index contributed by atoms with van der Waals surface area (Å²) in [6.45, 7) is 3.56. The largest absolute Gasteiger partial charge is 0.370 e. The molecule has 2 heterocycles. The van der Waals surface area contributed by atoms with E-state index in [2.05, 4.69) is 32.5 Å². The van der Waals surface area contributed by atoms with Crippen LogP contribution in [0.3, 0.4) is 0 Å². The standard InChI is InChI=1S/C20H23ClN6/c1-2-16-17(7-11-24-19(16)23-10-4-9-22)18-8-12-25-20(27-18)26-15-6-3-5-14(21)13-15/h3,5-8,11-13H,2,4,9-10,22H2,1H3,(H,23,24)(H,25,26,27). The maximum Gasteiger partial charge on any atom is 0.227 e. The Morgan fingerprint density at radius 2 is 1.96 bits per heavy atom. The Labute approximate surface area is 164 Å². The third-order valence-electron chi connectivity index (χ3n) is 4.09. The van der Waals surface area contributed by atoms with Gasteiger partial charge in [0.05, 0.1) is 5.69 Å². The number of pyridine rings is 1. The highest BCUT2D eigenvalue weighted by Gasteiger charge is 2.12. The van der Waals surface area contributed by atoms with E-state index in [0.29, 0.717) is 17.5 Å². The van der Waals surface area contributed by atoms with Crippen LogP contribution in [0.4, 0.5) is 17.5 Å². The highest BCUT2D eigenvalue weighted by atomic mass is 35.5. The Morgan fingerprint density at radius 3 is 2.74 bits per heavy atom. The van der Waals surface area contributed by atoms with E-state index in [9.17, 15) is 0 Å². The number of hydrogen-bond acceptors (Lipinski definition) is 6. The quantitative estimate of drug-likeness (QED) is 0.504. The van der Waals surface area contributed by atoms with Crippen LogP contribution in [-0.4, -0.2) is 28.0 Å². The lowest BCUT2D eigenvalue weighted by Crippen LogP contribution is -2.11. The third-order valence-corrected chi connectivity index (χ3v) is 4.33. The van der Waals surface area contributed by atoms with Crippen molar-refractivity contribution in [3.63, 3.8) is 0 Å². The summed E-state index contributed by atoms with van der Waals surface area (Å²) >= 11 is 6.04. The average molecular weight is 383 g/mol. The van der Waals surface area contributed by atoms with E-state index >= 15 is 0 Å². The zero-order valence-electron chi connectivity index (χ0n) is 15.2. The Balaban J connectivity index is 1.89. The molecule has 6 nitrogen and oxygen atoms in total. The summed E-state index contributed by atoms with van der Waals surface area (Å²) in [4.78, 5) is 13.5. The fourth-order valence-corrected chi connectivity index (χ4v) is 3.01. The van der Waals surface area contributed by atoms with Gasteiger partial charge < -0.3 is 16.4 Å². The number of hydrogen-bond donors (Lipinski definition) is 3. The van der Waals surface area contributed by atoms with E-state index in [0.717, 1.165) is 47.7 Å². The molecule has 0 aliphatic carbocycles. The van der Waals surface area contributed by atoms with Gasteiger partial charge in [-0.15, -0.1) is 0 Å². The molecular weight excluding hydrogens is 360 g/mol. The Kier molecular flexibility index (Phi) is 6.57. The van der Waals surface area contributed by atoms with Crippen LogP contribution in [-0.2, 0) is 6.42 Å². The first-order chi connectivity index (χ1) is 13.2. The molecule has 0 radical (unpaired) electrons. The molecule has 0 saturated carbocycles. The van der Waals surface area contributed by atoms with Crippen molar-refractivity contribution < 1.29 is 0 Å². The van der Waals surface area contributed by atoms with Crippen molar-refractivity contribution in [1.29, 1.82) is 0 Å². The van der Waals surface area contributed by atoms with Gasteiger partial charge in [0.2, 0.25) is 5.95 Å². The minimum Gasteiger partial charge on any atom is -0.370 e. The van der Waals surface area contributed by atoms with Crippen molar-refractivity contribution in [2.75, 3.05) is 23.7 Å². The maximum absolute atomic E-state index is 6.04. The van der Waals surface area contributed by atoms with Gasteiger partial charge in [-0.05, 0) is 49.7 Å². The normalized spacial score (nSPS) is 10.6. The molecule has 3 aromatic rings. The number of nitrogens with two attached hydrogens (primary N) is 1. The minimum absolute atomic E-state index is 0.520. The van der Waals surface area contributed by atoms with Crippen LogP contribution in [0.1, 0.15) is 18.9 Å². The molecule has 0 saturated heterocycles. The molecule has 0 spiro atoms. The van der Waals surface area contributed by atoms with Crippen LogP contribution < -0.4 is 16.4 Å². The van der Waals surface area contributed by atoms with Crippen molar-refractivity contribution in [1.82, 2.24) is 15.0 Å². The van der Waals surface area contributed by atoms with Crippen molar-refractivity contribution in [3.05, 3.63) is 59.4 Å². The Hall–Kier alpha value is -2.70. The number of nitrogens with zero attached hydrogens (tertiary/aromatic N) is 3. The zero-order chi connectivity index (χ0) is 19.1. The monoisotopic (exact) mass is 382 g/mol. The van der Waals surface area contributed by atoms with Gasteiger partial charge in [-0.1, -0.05) is 24.6 Å². The topological polar surface area (TPSA) is 88.8 Å². The SMILES string of the molecule is CCc1c(-c2ccnc(Nc3cccc(Cl)c3)n2)ccnc1NCCCN. The number of halogens is 1. The molecule has 0 aliphatic heterocycles. The Bertz CT molecular complexity index is 899. The lowest BCUT2D eigenvalue weighted by Gasteiger charge is -2.14. The summed E-state index contributed by atoms with van der Waals surface area (Å²) in [5.74, 6) is 1.40. The summed E-state index contributed by atoms with van der Waals surface area (Å²) in [7, 11) is 0. The third kappa shape index (κ3) is 4.93. The van der Waals surface area contributed by atoms with Gasteiger partial charge in [-0.3, -0.25) is 0 Å². The van der Waals surface area contributed by atoms with Crippen molar-refractivity contribution in [2.45, 2.75) is 19.8 Å². The van der Waals surface area contributed by atoms with Crippen molar-refractivity contribution in [2.24, 2.45) is 5.73 Å². The second-order valence-corrected chi connectivity index (χ2v) is 6.45. The van der Waals surface area contributed by atoms with E-state index in [1.165, 1.54) is 0 Å². The first kappa shape index (κ1) is 19.1. The molecule has 27 heavy (non-hydrogen) atoms. The van der Waals surface area contributed by atoms with Gasteiger partial charge >= 0.3 is 0 Å². The smallest absolute Gasteiger partial charge is 0.227 e. The van der Waals surface area contributed by atoms with Crippen molar-refractivity contribution in [3.8, 4) is 11.3 Å². The van der Waals surface area contributed by atoms with Gasteiger partial charge in [0.25, 0.3) is 0 Å². The second-order valence-electron chi connectivity index (χ2n) is 6.01. The van der Waals surface area contributed by atoms with Gasteiger partial charge in [-0.2, -0.15) is 0 Å². The Morgan fingerprint density at radius 1 is 1.11 bits per heavy atom. The first-order valence-electron chi connectivity index (χ1n) is 8.99. The molecule has 3 rings (SSSR count). The number of nitrogens with one attached hydrogen (secondary N) is 2. The summed E-state index contributed by atoms with van der Waals surface area (Å²) < 4.78 is 0. The fraction of sp³-hybridized carbons (Fsp3) is 0.250. The van der Waals surface area contributed by atoms with Crippen LogP contribution in [0, 0.1) is 0 Å². The summed E-state index contributed by atoms with van der Waals surface area (Å²) in [5, 5.41) is 7.23. The summed E-state index contributed by atoms with van der Waals surface area (Å²) in [6.07, 6.45) is 5.29. The molecule has 140 valence electrons. The molecule has 0 atom stereocenters. The van der Waals surface area contributed by atoms with Gasteiger partial charge in [0, 0.05) is 40.8 Å². The lowest BCUT2D eigenvalue weighted by molar-refractivity contribution is 0.867. The number of rotatable bonds is 8. The molecule has 1 aromatic carbocycles. The van der Waals surface area contributed by atoms with Gasteiger partial charge in [0.1, 0.15) is 5.82 Å². The molecule has 0 aliphatic rings. The van der Waals surface area contributed by atoms with E-state index in [-0.39, 0.29) is 0 Å². The van der Waals surface area contributed by atoms with Crippen LogP contribution in [0.15, 0.2) is 48.8 Å². The molecule has 4 N–H and O–H groups in total. The second kappa shape index (κ2) is 9.30. The first-order valence-corrected chi connectivity index (χ1v) is 9.37. The molecular formula is C20H23ClN6. The molecule has 7 heteroatoms. The predicted molar refractivity (Wildman–Crippen MR) is 112 cm³/mol. The molecule has 0 fully saturated rings. The van der Waals surface area contributed by atoms with Gasteiger partial charge in [0.15, 0.2) is 0 Å². The lowest BCUT2D eigenvalue weighted by atomic mass is 10.0. The van der Waals surface area contributed by atoms with Crippen LogP contribution >= 0.6 is 11.6 Å². The van der Waals surface area contributed by atoms with Crippen LogP contribution in [0.5, 0.6) is 0 Å². The molecule has 0 bridgehead atoms. The fourth-order valence-electron chi connectivity index (χ4n) is 2.82. The number of benzene rings is 1. The predicted octanol–water partition coefficient (Wildman–Crippen LogP) is 4.26. The summed E-state index contributed by atoms with van der Waals surface area (Å²) in [5.41, 5.74) is 9.43. The van der Waals surface area contributed by atoms with E-state index in [1.54, 1.807) is 12.4 Å². The van der Waals surface area contributed by atoms with Gasteiger partial charge in [-0.25, -0.2) is 15.0 Å². The highest BCUT2D eigenvalue weighted by molar-refractivity contribution is 6.30. The maximum atomic E-state index is 6.04. The van der Waals surface area contributed by atoms with Crippen LogP contribution in [0.25, 0.3) is 11.3 Å². The minimum atomic E-state index is 0.520. The van der Waals surface area contributed by atoms with Crippen molar-refractivity contribution >= 4 is 29.1 Å². The zero-order valence-corrected chi connectivity index (χ0v) is 16.0. The number of anilines is 3. The highest BCUT2D eigenvalue weighted by Crippen LogP contribution is 2.28. The van der Waals surface area contributed by atoms with E-state index < -0.39 is 0 Å².